The quantitative estimate of drug-likeness (QED) is 0.655. The number of aromatic amines is 1. The Bertz CT molecular complexity index is 1160. The highest BCUT2D eigenvalue weighted by Crippen LogP contribution is 2.38. The third-order valence-corrected chi connectivity index (χ3v) is 6.63. The summed E-state index contributed by atoms with van der Waals surface area (Å²) in [5, 5.41) is 5.72. The predicted molar refractivity (Wildman–Crippen MR) is 117 cm³/mol. The number of aromatic nitrogens is 3. The average molecular weight is 421 g/mol. The van der Waals surface area contributed by atoms with Gasteiger partial charge in [0.05, 0.1) is 12.5 Å². The second-order valence-corrected chi connectivity index (χ2v) is 8.33. The van der Waals surface area contributed by atoms with Crippen molar-refractivity contribution >= 4 is 22.8 Å². The van der Waals surface area contributed by atoms with Gasteiger partial charge in [-0.1, -0.05) is 18.2 Å². The van der Waals surface area contributed by atoms with Crippen molar-refractivity contribution in [3.63, 3.8) is 0 Å². The first-order valence-electron chi connectivity index (χ1n) is 11.3. The number of H-pyrrole nitrogens is 1. The molecule has 0 unspecified atom stereocenters. The van der Waals surface area contributed by atoms with Crippen LogP contribution in [0.4, 0.5) is 0 Å². The van der Waals surface area contributed by atoms with Gasteiger partial charge in [0, 0.05) is 53.9 Å². The first-order chi connectivity index (χ1) is 15.1. The average Bonchev–Trinajstić information content (AvgIpc) is 3.36. The topological polar surface area (TPSA) is 80.2 Å². The van der Waals surface area contributed by atoms with E-state index < -0.39 is 5.97 Å². The summed E-state index contributed by atoms with van der Waals surface area (Å²) in [6.45, 7) is 5.86. The van der Waals surface area contributed by atoms with Crippen LogP contribution in [0.1, 0.15) is 65.6 Å². The largest absolute Gasteiger partial charge is 0.461 e. The fraction of sp³-hybridized carbons (Fsp3) is 0.458. The van der Waals surface area contributed by atoms with Gasteiger partial charge in [0.15, 0.2) is 5.69 Å². The van der Waals surface area contributed by atoms with Crippen LogP contribution >= 0.6 is 0 Å². The van der Waals surface area contributed by atoms with E-state index in [1.54, 1.807) is 6.92 Å². The molecule has 3 aromatic rings. The highest BCUT2D eigenvalue weighted by molar-refractivity contribution is 5.92. The minimum atomic E-state index is -0.407. The number of carbonyl (C=O) groups is 2. The van der Waals surface area contributed by atoms with Crippen molar-refractivity contribution < 1.29 is 14.3 Å². The number of amides is 1. The zero-order chi connectivity index (χ0) is 21.5. The molecule has 31 heavy (non-hydrogen) atoms. The first kappa shape index (κ1) is 19.8. The standard InChI is InChI=1S/C24H28N4O3/c1-3-28-20-12-13-27(14-18(20)22(26-28)24(30)31-4-2)23(29)17-10-7-9-16-15-8-5-6-11-19(15)25-21(16)17/h5-6,8,11,17,25H,3-4,7,9-10,12-14H2,1-2H3/t17-/m1/s1. The Morgan fingerprint density at radius 1 is 1.19 bits per heavy atom. The smallest absolute Gasteiger partial charge is 0.359 e. The molecule has 1 aliphatic carbocycles. The normalized spacial score (nSPS) is 18.0. The number of ether oxygens (including phenoxy) is 1. The lowest BCUT2D eigenvalue weighted by Crippen LogP contribution is -2.40. The summed E-state index contributed by atoms with van der Waals surface area (Å²) in [5.41, 5.74) is 5.69. The summed E-state index contributed by atoms with van der Waals surface area (Å²) in [6.07, 6.45) is 3.56. The zero-order valence-corrected chi connectivity index (χ0v) is 18.1. The minimum Gasteiger partial charge on any atom is -0.461 e. The molecule has 0 bridgehead atoms. The van der Waals surface area contributed by atoms with E-state index in [1.165, 1.54) is 10.9 Å². The molecule has 0 fully saturated rings. The van der Waals surface area contributed by atoms with E-state index in [2.05, 4.69) is 28.3 Å². The van der Waals surface area contributed by atoms with Crippen LogP contribution in [0.5, 0.6) is 0 Å². The maximum Gasteiger partial charge on any atom is 0.359 e. The molecular formula is C24H28N4O3. The van der Waals surface area contributed by atoms with Gasteiger partial charge in [0.25, 0.3) is 0 Å². The SMILES string of the molecule is CCOC(=O)c1nn(CC)c2c1CN(C(=O)[C@@H]1CCCc3c1[nH]c1ccccc31)CC2. The van der Waals surface area contributed by atoms with Crippen LogP contribution < -0.4 is 0 Å². The lowest BCUT2D eigenvalue weighted by Gasteiger charge is -2.32. The molecule has 5 rings (SSSR count). The second-order valence-electron chi connectivity index (χ2n) is 8.33. The molecule has 1 atom stereocenters. The molecule has 1 N–H and O–H groups in total. The van der Waals surface area contributed by atoms with E-state index in [0.29, 0.717) is 38.4 Å². The summed E-state index contributed by atoms with van der Waals surface area (Å²) in [7, 11) is 0. The molecule has 1 amide bonds. The van der Waals surface area contributed by atoms with Crippen molar-refractivity contribution in [1.82, 2.24) is 19.7 Å². The fourth-order valence-electron chi connectivity index (χ4n) is 5.19. The van der Waals surface area contributed by atoms with Crippen LogP contribution in [0.25, 0.3) is 10.9 Å². The van der Waals surface area contributed by atoms with Gasteiger partial charge >= 0.3 is 5.97 Å². The third kappa shape index (κ3) is 3.23. The second kappa shape index (κ2) is 7.87. The van der Waals surface area contributed by atoms with Gasteiger partial charge in [-0.05, 0) is 44.7 Å². The van der Waals surface area contributed by atoms with Crippen LogP contribution in [-0.2, 0) is 35.5 Å². The van der Waals surface area contributed by atoms with Crippen LogP contribution in [0.15, 0.2) is 24.3 Å². The Morgan fingerprint density at radius 2 is 2.03 bits per heavy atom. The van der Waals surface area contributed by atoms with Crippen LogP contribution in [-0.4, -0.2) is 44.7 Å². The van der Waals surface area contributed by atoms with Crippen molar-refractivity contribution in [2.24, 2.45) is 0 Å². The number of aryl methyl sites for hydroxylation is 2. The third-order valence-electron chi connectivity index (χ3n) is 6.63. The first-order valence-corrected chi connectivity index (χ1v) is 11.3. The molecule has 2 aliphatic rings. The van der Waals surface area contributed by atoms with Crippen molar-refractivity contribution in [3.8, 4) is 0 Å². The van der Waals surface area contributed by atoms with Gasteiger partial charge in [-0.15, -0.1) is 0 Å². The molecule has 7 nitrogen and oxygen atoms in total. The van der Waals surface area contributed by atoms with Crippen molar-refractivity contribution in [2.45, 2.75) is 58.5 Å². The molecule has 3 heterocycles. The van der Waals surface area contributed by atoms with Gasteiger partial charge in [-0.3, -0.25) is 9.48 Å². The molecule has 0 saturated heterocycles. The summed E-state index contributed by atoms with van der Waals surface area (Å²) in [5.74, 6) is -0.432. The van der Waals surface area contributed by atoms with E-state index in [-0.39, 0.29) is 11.8 Å². The number of nitrogens with one attached hydrogen (secondary N) is 1. The van der Waals surface area contributed by atoms with Gasteiger partial charge in [0.1, 0.15) is 0 Å². The van der Waals surface area contributed by atoms with E-state index in [1.807, 2.05) is 22.6 Å². The molecule has 1 aromatic carbocycles. The maximum absolute atomic E-state index is 13.6. The molecule has 1 aliphatic heterocycles. The Morgan fingerprint density at radius 3 is 2.84 bits per heavy atom. The zero-order valence-electron chi connectivity index (χ0n) is 18.1. The van der Waals surface area contributed by atoms with E-state index in [9.17, 15) is 9.59 Å². The van der Waals surface area contributed by atoms with Crippen molar-refractivity contribution in [2.75, 3.05) is 13.2 Å². The Balaban J connectivity index is 1.46. The number of hydrogen-bond donors (Lipinski definition) is 1. The molecular weight excluding hydrogens is 392 g/mol. The van der Waals surface area contributed by atoms with Gasteiger partial charge in [-0.2, -0.15) is 5.10 Å². The molecule has 0 saturated carbocycles. The number of rotatable bonds is 4. The van der Waals surface area contributed by atoms with E-state index in [4.69, 9.17) is 4.74 Å². The Kier molecular flexibility index (Phi) is 5.04. The summed E-state index contributed by atoms with van der Waals surface area (Å²) < 4.78 is 7.10. The minimum absolute atomic E-state index is 0.136. The number of fused-ring (bicyclic) bond motifs is 4. The lowest BCUT2D eigenvalue weighted by atomic mass is 9.85. The van der Waals surface area contributed by atoms with Crippen LogP contribution in [0.3, 0.4) is 0 Å². The lowest BCUT2D eigenvalue weighted by molar-refractivity contribution is -0.134. The number of carbonyl (C=O) groups excluding carboxylic acids is 2. The molecule has 162 valence electrons. The molecule has 7 heteroatoms. The Labute approximate surface area is 181 Å². The highest BCUT2D eigenvalue weighted by atomic mass is 16.5. The molecule has 0 radical (unpaired) electrons. The van der Waals surface area contributed by atoms with Crippen molar-refractivity contribution in [3.05, 3.63) is 52.5 Å². The van der Waals surface area contributed by atoms with Gasteiger partial charge in [0.2, 0.25) is 5.91 Å². The summed E-state index contributed by atoms with van der Waals surface area (Å²) in [4.78, 5) is 31.6. The number of para-hydroxylation sites is 1. The summed E-state index contributed by atoms with van der Waals surface area (Å²) >= 11 is 0. The Hall–Kier alpha value is -3.09. The van der Waals surface area contributed by atoms with Gasteiger partial charge < -0.3 is 14.6 Å². The van der Waals surface area contributed by atoms with Crippen molar-refractivity contribution in [1.29, 1.82) is 0 Å². The maximum atomic E-state index is 13.6. The summed E-state index contributed by atoms with van der Waals surface area (Å²) in [6, 6.07) is 8.29. The molecule has 0 spiro atoms. The number of hydrogen-bond acceptors (Lipinski definition) is 4. The fourth-order valence-corrected chi connectivity index (χ4v) is 5.19. The number of esters is 1. The monoisotopic (exact) mass is 420 g/mol. The van der Waals surface area contributed by atoms with Crippen LogP contribution in [0, 0.1) is 0 Å². The highest BCUT2D eigenvalue weighted by Gasteiger charge is 2.36. The van der Waals surface area contributed by atoms with E-state index >= 15 is 0 Å². The number of nitrogens with zero attached hydrogens (tertiary/aromatic N) is 3. The number of benzene rings is 1. The van der Waals surface area contributed by atoms with Gasteiger partial charge in [-0.25, -0.2) is 4.79 Å². The van der Waals surface area contributed by atoms with E-state index in [0.717, 1.165) is 41.7 Å². The van der Waals surface area contributed by atoms with Crippen LogP contribution in [0.2, 0.25) is 0 Å². The molecule has 2 aromatic heterocycles. The predicted octanol–water partition coefficient (Wildman–Crippen LogP) is 3.57.